The lowest BCUT2D eigenvalue weighted by Crippen LogP contribution is -2.23. The van der Waals surface area contributed by atoms with Crippen LogP contribution in [0.3, 0.4) is 0 Å². The Labute approximate surface area is 171 Å². The lowest BCUT2D eigenvalue weighted by Gasteiger charge is -2.22. The van der Waals surface area contributed by atoms with Crippen LogP contribution in [-0.4, -0.2) is 22.3 Å². The number of ether oxygens (including phenoxy) is 1. The first kappa shape index (κ1) is 24.3. The molecular weight excluding hydrogens is 352 g/mol. The van der Waals surface area contributed by atoms with Gasteiger partial charge in [-0.05, 0) is 81.4 Å². The lowest BCUT2D eigenvalue weighted by atomic mass is 9.89. The van der Waals surface area contributed by atoms with Crippen molar-refractivity contribution in [3.05, 3.63) is 23.3 Å². The number of carbonyl (C=O) groups excluding carboxylic acids is 1. The number of aromatic hydroxyl groups is 2. The molecule has 0 fully saturated rings. The number of hydrogen-bond donors (Lipinski definition) is 2. The van der Waals surface area contributed by atoms with Gasteiger partial charge in [-0.1, -0.05) is 46.1 Å². The summed E-state index contributed by atoms with van der Waals surface area (Å²) in [6.45, 7) is 11.1. The number of rotatable bonds is 13. The van der Waals surface area contributed by atoms with Gasteiger partial charge in [-0.2, -0.15) is 0 Å². The molecule has 0 aliphatic carbocycles. The third-order valence-corrected chi connectivity index (χ3v) is 5.21. The van der Waals surface area contributed by atoms with Gasteiger partial charge in [0.2, 0.25) is 0 Å². The maximum atomic E-state index is 10.5. The second kappa shape index (κ2) is 11.3. The fraction of sp³-hybridized carbons (Fsp3) is 0.708. The Morgan fingerprint density at radius 3 is 2.11 bits per heavy atom. The van der Waals surface area contributed by atoms with Gasteiger partial charge in [-0.15, -0.1) is 0 Å². The minimum absolute atomic E-state index is 0.0233. The highest BCUT2D eigenvalue weighted by Crippen LogP contribution is 2.32. The van der Waals surface area contributed by atoms with Gasteiger partial charge in [-0.3, -0.25) is 4.79 Å². The molecule has 0 saturated carbocycles. The third-order valence-electron chi connectivity index (χ3n) is 5.21. The Morgan fingerprint density at radius 2 is 1.46 bits per heavy atom. The smallest absolute Gasteiger partial charge is 0.293 e. The molecular formula is C24H40O4. The van der Waals surface area contributed by atoms with Crippen molar-refractivity contribution in [2.45, 2.75) is 104 Å². The SMILES string of the molecule is CC(C)(C)CCCCCCc1cc(CCCCC(C)(C)OC=O)cc(O)c1O. The van der Waals surface area contributed by atoms with Crippen molar-refractivity contribution in [1.82, 2.24) is 0 Å². The summed E-state index contributed by atoms with van der Waals surface area (Å²) in [6, 6.07) is 3.69. The first-order valence-corrected chi connectivity index (χ1v) is 10.7. The molecule has 0 radical (unpaired) electrons. The van der Waals surface area contributed by atoms with Crippen molar-refractivity contribution in [2.75, 3.05) is 0 Å². The van der Waals surface area contributed by atoms with E-state index in [1.165, 1.54) is 19.3 Å². The summed E-state index contributed by atoms with van der Waals surface area (Å²) in [4.78, 5) is 10.5. The predicted molar refractivity (Wildman–Crippen MR) is 115 cm³/mol. The van der Waals surface area contributed by atoms with E-state index in [1.807, 2.05) is 19.9 Å². The van der Waals surface area contributed by atoms with E-state index in [0.29, 0.717) is 11.9 Å². The van der Waals surface area contributed by atoms with Crippen LogP contribution in [0.1, 0.15) is 97.1 Å². The molecule has 0 aliphatic rings. The van der Waals surface area contributed by atoms with Crippen LogP contribution < -0.4 is 0 Å². The first-order chi connectivity index (χ1) is 13.0. The van der Waals surface area contributed by atoms with Crippen LogP contribution in [0.4, 0.5) is 0 Å². The van der Waals surface area contributed by atoms with Crippen LogP contribution in [0.15, 0.2) is 12.1 Å². The Kier molecular flexibility index (Phi) is 9.84. The predicted octanol–water partition coefficient (Wildman–Crippen LogP) is 6.30. The lowest BCUT2D eigenvalue weighted by molar-refractivity contribution is -0.140. The molecule has 4 heteroatoms. The van der Waals surface area contributed by atoms with Crippen molar-refractivity contribution in [3.8, 4) is 11.5 Å². The van der Waals surface area contributed by atoms with Gasteiger partial charge < -0.3 is 14.9 Å². The molecule has 1 aromatic rings. The van der Waals surface area contributed by atoms with Crippen molar-refractivity contribution < 1.29 is 19.7 Å². The zero-order valence-corrected chi connectivity index (χ0v) is 18.5. The van der Waals surface area contributed by atoms with Gasteiger partial charge in [0, 0.05) is 0 Å². The van der Waals surface area contributed by atoms with E-state index in [4.69, 9.17) is 4.74 Å². The van der Waals surface area contributed by atoms with Crippen molar-refractivity contribution in [1.29, 1.82) is 0 Å². The highest BCUT2D eigenvalue weighted by atomic mass is 16.5. The molecule has 0 aromatic heterocycles. The van der Waals surface area contributed by atoms with E-state index in [2.05, 4.69) is 20.8 Å². The molecule has 0 bridgehead atoms. The Hall–Kier alpha value is -1.71. The first-order valence-electron chi connectivity index (χ1n) is 10.7. The van der Waals surface area contributed by atoms with E-state index < -0.39 is 5.60 Å². The Balaban J connectivity index is 2.45. The Morgan fingerprint density at radius 1 is 0.857 bits per heavy atom. The zero-order valence-electron chi connectivity index (χ0n) is 18.5. The minimum Gasteiger partial charge on any atom is -0.504 e. The van der Waals surface area contributed by atoms with Crippen LogP contribution >= 0.6 is 0 Å². The van der Waals surface area contributed by atoms with E-state index in [-0.39, 0.29) is 11.5 Å². The summed E-state index contributed by atoms with van der Waals surface area (Å²) >= 11 is 0. The monoisotopic (exact) mass is 392 g/mol. The maximum Gasteiger partial charge on any atom is 0.293 e. The fourth-order valence-corrected chi connectivity index (χ4v) is 3.47. The highest BCUT2D eigenvalue weighted by molar-refractivity contribution is 5.47. The van der Waals surface area contributed by atoms with Gasteiger partial charge in [0.15, 0.2) is 11.5 Å². The quantitative estimate of drug-likeness (QED) is 0.235. The molecule has 0 spiro atoms. The number of phenols is 2. The largest absolute Gasteiger partial charge is 0.504 e. The summed E-state index contributed by atoms with van der Waals surface area (Å²) in [5, 5.41) is 20.2. The topological polar surface area (TPSA) is 66.8 Å². The number of benzene rings is 1. The van der Waals surface area contributed by atoms with Gasteiger partial charge >= 0.3 is 0 Å². The average molecular weight is 393 g/mol. The number of aryl methyl sites for hydroxylation is 2. The summed E-state index contributed by atoms with van der Waals surface area (Å²) in [7, 11) is 0. The van der Waals surface area contributed by atoms with Crippen molar-refractivity contribution in [2.24, 2.45) is 5.41 Å². The normalized spacial score (nSPS) is 12.2. The summed E-state index contributed by atoms with van der Waals surface area (Å²) in [6.07, 6.45) is 10.2. The molecule has 160 valence electrons. The van der Waals surface area contributed by atoms with Gasteiger partial charge in [0.25, 0.3) is 6.47 Å². The molecule has 0 aliphatic heterocycles. The van der Waals surface area contributed by atoms with Gasteiger partial charge in [0.1, 0.15) is 5.60 Å². The van der Waals surface area contributed by atoms with Gasteiger partial charge in [-0.25, -0.2) is 0 Å². The van der Waals surface area contributed by atoms with E-state index in [0.717, 1.165) is 56.1 Å². The molecule has 0 unspecified atom stereocenters. The summed E-state index contributed by atoms with van der Waals surface area (Å²) < 4.78 is 5.07. The summed E-state index contributed by atoms with van der Waals surface area (Å²) in [5.74, 6) is 0.00353. The second-order valence-corrected chi connectivity index (χ2v) is 9.78. The molecule has 0 amide bonds. The maximum absolute atomic E-state index is 10.5. The van der Waals surface area contributed by atoms with Gasteiger partial charge in [0.05, 0.1) is 0 Å². The molecule has 28 heavy (non-hydrogen) atoms. The Bertz CT molecular complexity index is 599. The van der Waals surface area contributed by atoms with E-state index >= 15 is 0 Å². The molecule has 0 atom stereocenters. The molecule has 1 aromatic carbocycles. The van der Waals surface area contributed by atoms with Crippen LogP contribution in [0.25, 0.3) is 0 Å². The zero-order chi connectivity index (χ0) is 21.2. The molecule has 0 heterocycles. The van der Waals surface area contributed by atoms with Crippen LogP contribution in [-0.2, 0) is 22.4 Å². The fourth-order valence-electron chi connectivity index (χ4n) is 3.47. The van der Waals surface area contributed by atoms with Crippen LogP contribution in [0, 0.1) is 5.41 Å². The number of carbonyl (C=O) groups is 1. The third kappa shape index (κ3) is 10.0. The van der Waals surface area contributed by atoms with E-state index in [9.17, 15) is 15.0 Å². The van der Waals surface area contributed by atoms with Crippen LogP contribution in [0.5, 0.6) is 11.5 Å². The number of phenolic OH excluding ortho intramolecular Hbond substituents is 2. The number of unbranched alkanes of at least 4 members (excludes halogenated alkanes) is 4. The van der Waals surface area contributed by atoms with E-state index in [1.54, 1.807) is 6.07 Å². The number of hydrogen-bond acceptors (Lipinski definition) is 4. The standard InChI is InChI=1S/C24H40O4/c1-23(2,3)14-10-7-6-8-13-20-16-19(17-21(26)22(20)27)12-9-11-15-24(4,5)28-18-25/h16-18,26-27H,6-15H2,1-5H3. The highest BCUT2D eigenvalue weighted by Gasteiger charge is 2.18. The molecule has 0 saturated heterocycles. The molecule has 4 nitrogen and oxygen atoms in total. The second-order valence-electron chi connectivity index (χ2n) is 9.78. The molecule has 2 N–H and O–H groups in total. The average Bonchev–Trinajstić information content (AvgIpc) is 2.57. The minimum atomic E-state index is -0.434. The molecule has 1 rings (SSSR count). The van der Waals surface area contributed by atoms with Crippen LogP contribution in [0.2, 0.25) is 0 Å². The van der Waals surface area contributed by atoms with Crippen molar-refractivity contribution >= 4 is 6.47 Å². The van der Waals surface area contributed by atoms with Crippen molar-refractivity contribution in [3.63, 3.8) is 0 Å². The summed E-state index contributed by atoms with van der Waals surface area (Å²) in [5.41, 5.74) is 1.85.